The largest absolute Gasteiger partial charge is 0.366 e. The Morgan fingerprint density at radius 1 is 1.05 bits per heavy atom. The minimum atomic E-state index is 0.613. The van der Waals surface area contributed by atoms with E-state index in [0.29, 0.717) is 6.04 Å². The maximum atomic E-state index is 4.35. The summed E-state index contributed by atoms with van der Waals surface area (Å²) in [6.07, 6.45) is 2.50. The van der Waals surface area contributed by atoms with Crippen molar-refractivity contribution in [2.45, 2.75) is 18.9 Å². The minimum Gasteiger partial charge on any atom is -0.366 e. The zero-order chi connectivity index (χ0) is 12.7. The Balaban J connectivity index is 1.70. The van der Waals surface area contributed by atoms with E-state index in [1.807, 2.05) is 12.1 Å². The molecule has 3 aromatic rings. The molecule has 0 aliphatic heterocycles. The van der Waals surface area contributed by atoms with Crippen molar-refractivity contribution >= 4 is 27.2 Å². The summed E-state index contributed by atoms with van der Waals surface area (Å²) in [7, 11) is 0. The van der Waals surface area contributed by atoms with Gasteiger partial charge in [0.15, 0.2) is 0 Å². The molecule has 1 saturated carbocycles. The first kappa shape index (κ1) is 10.9. The summed E-state index contributed by atoms with van der Waals surface area (Å²) >= 11 is 1.75. The monoisotopic (exact) mass is 267 g/mol. The first-order valence-corrected chi connectivity index (χ1v) is 7.35. The molecule has 0 spiro atoms. The van der Waals surface area contributed by atoms with E-state index in [1.165, 1.54) is 28.5 Å². The van der Waals surface area contributed by atoms with Crippen molar-refractivity contribution in [2.24, 2.45) is 0 Å². The van der Waals surface area contributed by atoms with Crippen LogP contribution in [0, 0.1) is 0 Å². The quantitative estimate of drug-likeness (QED) is 0.781. The molecule has 1 N–H and O–H groups in total. The summed E-state index contributed by atoms with van der Waals surface area (Å²) in [5.41, 5.74) is 2.12. The molecule has 0 amide bonds. The third kappa shape index (κ3) is 2.08. The lowest BCUT2D eigenvalue weighted by molar-refractivity contribution is 1.01. The van der Waals surface area contributed by atoms with Crippen LogP contribution in [0.2, 0.25) is 0 Å². The molecule has 0 unspecified atom stereocenters. The molecule has 1 aliphatic rings. The van der Waals surface area contributed by atoms with E-state index in [1.54, 1.807) is 11.3 Å². The van der Waals surface area contributed by atoms with Crippen molar-refractivity contribution in [2.75, 3.05) is 5.32 Å². The van der Waals surface area contributed by atoms with Crippen LogP contribution in [0.3, 0.4) is 0 Å². The van der Waals surface area contributed by atoms with Crippen LogP contribution in [-0.2, 0) is 0 Å². The Bertz CT molecular complexity index is 714. The number of hydrogen-bond acceptors (Lipinski definition) is 4. The highest BCUT2D eigenvalue weighted by molar-refractivity contribution is 7.17. The van der Waals surface area contributed by atoms with E-state index in [9.17, 15) is 0 Å². The summed E-state index contributed by atoms with van der Waals surface area (Å²) < 4.78 is 1.29. The molecule has 4 heteroatoms. The number of anilines is 1. The Hall–Kier alpha value is -1.94. The van der Waals surface area contributed by atoms with Gasteiger partial charge in [-0.25, -0.2) is 0 Å². The van der Waals surface area contributed by atoms with Gasteiger partial charge in [0, 0.05) is 27.1 Å². The average molecular weight is 267 g/mol. The normalized spacial score (nSPS) is 14.7. The van der Waals surface area contributed by atoms with E-state index in [4.69, 9.17) is 0 Å². The smallest absolute Gasteiger partial charge is 0.148 e. The molecule has 1 fully saturated rings. The van der Waals surface area contributed by atoms with Crippen molar-refractivity contribution in [3.05, 3.63) is 41.8 Å². The highest BCUT2D eigenvalue weighted by Gasteiger charge is 2.21. The molecule has 2 aromatic heterocycles. The lowest BCUT2D eigenvalue weighted by atomic mass is 10.1. The maximum absolute atomic E-state index is 4.35. The van der Waals surface area contributed by atoms with Gasteiger partial charge in [0.2, 0.25) is 0 Å². The number of thiophene rings is 1. The van der Waals surface area contributed by atoms with Gasteiger partial charge in [-0.15, -0.1) is 21.5 Å². The molecule has 4 rings (SSSR count). The summed E-state index contributed by atoms with van der Waals surface area (Å²) in [6.45, 7) is 0. The van der Waals surface area contributed by atoms with Crippen LogP contribution < -0.4 is 5.32 Å². The fourth-order valence-corrected chi connectivity index (χ4v) is 3.12. The van der Waals surface area contributed by atoms with Gasteiger partial charge in [-0.05, 0) is 31.0 Å². The van der Waals surface area contributed by atoms with E-state index < -0.39 is 0 Å². The molecule has 3 nitrogen and oxygen atoms in total. The van der Waals surface area contributed by atoms with Crippen LogP contribution in [0.5, 0.6) is 0 Å². The Morgan fingerprint density at radius 2 is 1.95 bits per heavy atom. The SMILES string of the molecule is c1ccc2c(-c3ccc(NC4CC4)nn3)csc2c1. The molecule has 19 heavy (non-hydrogen) atoms. The van der Waals surface area contributed by atoms with Gasteiger partial charge in [-0.1, -0.05) is 18.2 Å². The summed E-state index contributed by atoms with van der Waals surface area (Å²) in [4.78, 5) is 0. The van der Waals surface area contributed by atoms with Gasteiger partial charge in [0.05, 0.1) is 5.69 Å². The molecule has 0 radical (unpaired) electrons. The number of nitrogens with one attached hydrogen (secondary N) is 1. The first-order valence-electron chi connectivity index (χ1n) is 6.47. The van der Waals surface area contributed by atoms with E-state index in [-0.39, 0.29) is 0 Å². The van der Waals surface area contributed by atoms with Crippen molar-refractivity contribution in [3.63, 3.8) is 0 Å². The number of hydrogen-bond donors (Lipinski definition) is 1. The number of nitrogens with zero attached hydrogens (tertiary/aromatic N) is 2. The van der Waals surface area contributed by atoms with Gasteiger partial charge < -0.3 is 5.32 Å². The predicted octanol–water partition coefficient (Wildman–Crippen LogP) is 3.93. The summed E-state index contributed by atoms with van der Waals surface area (Å²) in [6, 6.07) is 13.1. The van der Waals surface area contributed by atoms with Gasteiger partial charge in [-0.2, -0.15) is 0 Å². The number of fused-ring (bicyclic) bond motifs is 1. The molecule has 1 aliphatic carbocycles. The zero-order valence-corrected chi connectivity index (χ0v) is 11.2. The molecule has 0 saturated heterocycles. The Kier molecular flexibility index (Phi) is 2.48. The Labute approximate surface area is 115 Å². The van der Waals surface area contributed by atoms with Crippen LogP contribution in [0.1, 0.15) is 12.8 Å². The van der Waals surface area contributed by atoms with Crippen molar-refractivity contribution in [1.82, 2.24) is 10.2 Å². The number of benzene rings is 1. The zero-order valence-electron chi connectivity index (χ0n) is 10.3. The van der Waals surface area contributed by atoms with Gasteiger partial charge in [0.25, 0.3) is 0 Å². The van der Waals surface area contributed by atoms with Crippen LogP contribution in [0.15, 0.2) is 41.8 Å². The molecular weight excluding hydrogens is 254 g/mol. The van der Waals surface area contributed by atoms with Crippen LogP contribution in [0.4, 0.5) is 5.82 Å². The molecular formula is C15H13N3S. The van der Waals surface area contributed by atoms with Crippen LogP contribution >= 0.6 is 11.3 Å². The highest BCUT2D eigenvalue weighted by Crippen LogP contribution is 2.32. The average Bonchev–Trinajstić information content (AvgIpc) is 3.16. The lowest BCUT2D eigenvalue weighted by Gasteiger charge is -2.03. The molecule has 2 heterocycles. The van der Waals surface area contributed by atoms with Crippen molar-refractivity contribution < 1.29 is 0 Å². The molecule has 94 valence electrons. The van der Waals surface area contributed by atoms with E-state index in [0.717, 1.165) is 11.5 Å². The topological polar surface area (TPSA) is 37.8 Å². The molecule has 0 atom stereocenters. The molecule has 0 bridgehead atoms. The van der Waals surface area contributed by atoms with Crippen LogP contribution in [0.25, 0.3) is 21.3 Å². The number of aromatic nitrogens is 2. The second-order valence-electron chi connectivity index (χ2n) is 4.87. The third-order valence-electron chi connectivity index (χ3n) is 3.35. The van der Waals surface area contributed by atoms with E-state index in [2.05, 4.69) is 45.2 Å². The fourth-order valence-electron chi connectivity index (χ4n) is 2.17. The van der Waals surface area contributed by atoms with Crippen molar-refractivity contribution in [1.29, 1.82) is 0 Å². The second-order valence-corrected chi connectivity index (χ2v) is 5.78. The lowest BCUT2D eigenvalue weighted by Crippen LogP contribution is -2.03. The fraction of sp³-hybridized carbons (Fsp3) is 0.200. The first-order chi connectivity index (χ1) is 9.40. The standard InChI is InChI=1S/C15H13N3S/c1-2-4-14-11(3-1)12(9-19-14)13-7-8-15(18-17-13)16-10-5-6-10/h1-4,7-10H,5-6H2,(H,16,18). The predicted molar refractivity (Wildman–Crippen MR) is 79.5 cm³/mol. The van der Waals surface area contributed by atoms with Crippen LogP contribution in [-0.4, -0.2) is 16.2 Å². The second kappa shape index (κ2) is 4.31. The minimum absolute atomic E-state index is 0.613. The summed E-state index contributed by atoms with van der Waals surface area (Å²) in [5.74, 6) is 0.880. The van der Waals surface area contributed by atoms with Gasteiger partial charge in [-0.3, -0.25) is 0 Å². The molecule has 1 aromatic carbocycles. The third-order valence-corrected chi connectivity index (χ3v) is 4.31. The maximum Gasteiger partial charge on any atom is 0.148 e. The van der Waals surface area contributed by atoms with Gasteiger partial charge in [0.1, 0.15) is 5.82 Å². The number of rotatable bonds is 3. The summed E-state index contributed by atoms with van der Waals surface area (Å²) in [5, 5.41) is 15.4. The Morgan fingerprint density at radius 3 is 2.74 bits per heavy atom. The van der Waals surface area contributed by atoms with Gasteiger partial charge >= 0.3 is 0 Å². The van der Waals surface area contributed by atoms with Crippen molar-refractivity contribution in [3.8, 4) is 11.3 Å². The van der Waals surface area contributed by atoms with E-state index >= 15 is 0 Å². The highest BCUT2D eigenvalue weighted by atomic mass is 32.1.